The van der Waals surface area contributed by atoms with Crippen LogP contribution in [0.1, 0.15) is 32.7 Å². The number of nitrogens with two attached hydrogens (primary N) is 1. The summed E-state index contributed by atoms with van der Waals surface area (Å²) in [6.07, 6.45) is -4.43. The molecule has 0 atom stereocenters. The quantitative estimate of drug-likeness (QED) is 0.356. The number of nitrogens with one attached hydrogen (secondary N) is 1. The Morgan fingerprint density at radius 3 is 2.58 bits per heavy atom. The molecule has 4 aromatic rings. The number of hydrogen-bond donors (Lipinski definition) is 2. The lowest BCUT2D eigenvalue weighted by Gasteiger charge is -2.12. The molecule has 170 valence electrons. The molecule has 33 heavy (non-hydrogen) atoms. The van der Waals surface area contributed by atoms with Crippen LogP contribution in [0, 0.1) is 13.8 Å². The molecule has 0 radical (unpaired) electrons. The van der Waals surface area contributed by atoms with Crippen molar-refractivity contribution in [3.63, 3.8) is 0 Å². The topological polar surface area (TPSA) is 72.9 Å². The zero-order valence-electron chi connectivity index (χ0n) is 17.9. The van der Waals surface area contributed by atoms with Crippen molar-refractivity contribution in [1.82, 2.24) is 9.55 Å². The third-order valence-corrected chi connectivity index (χ3v) is 6.02. The number of carbonyl (C=O) groups excluding carboxylic acids is 1. The van der Waals surface area contributed by atoms with E-state index in [0.717, 1.165) is 29.0 Å². The first-order chi connectivity index (χ1) is 15.6. The molecule has 1 amide bonds. The van der Waals surface area contributed by atoms with E-state index < -0.39 is 17.6 Å². The molecule has 2 heterocycles. The molecule has 2 aromatic heterocycles. The van der Waals surface area contributed by atoms with Gasteiger partial charge >= 0.3 is 6.18 Å². The van der Waals surface area contributed by atoms with E-state index in [0.29, 0.717) is 28.6 Å². The van der Waals surface area contributed by atoms with E-state index in [4.69, 9.17) is 5.73 Å². The molecule has 0 saturated carbocycles. The van der Waals surface area contributed by atoms with Crippen molar-refractivity contribution in [1.29, 1.82) is 0 Å². The largest absolute Gasteiger partial charge is 0.416 e. The standard InChI is InChI=1S/C24H21F3N4OS/c1-14-5-3-6-16(9-14)12-31-15(2)19(22(28)32)11-21(31)20-13-33-23(30-20)29-18-8-4-7-17(10-18)24(25,26)27/h3-11,13H,12H2,1-2H3,(H2,28,32)(H,29,30). The number of carbonyl (C=O) groups is 1. The molecule has 0 saturated heterocycles. The number of nitrogens with zero attached hydrogens (tertiary/aromatic N) is 2. The average molecular weight is 471 g/mol. The van der Waals surface area contributed by atoms with Crippen molar-refractivity contribution in [2.75, 3.05) is 5.32 Å². The minimum atomic E-state index is -4.43. The van der Waals surface area contributed by atoms with Crippen LogP contribution in [0.15, 0.2) is 60.0 Å². The number of hydrogen-bond acceptors (Lipinski definition) is 4. The number of benzene rings is 2. The Morgan fingerprint density at radius 1 is 1.12 bits per heavy atom. The first-order valence-corrected chi connectivity index (χ1v) is 11.0. The van der Waals surface area contributed by atoms with Crippen LogP contribution in [0.25, 0.3) is 11.4 Å². The van der Waals surface area contributed by atoms with Crippen molar-refractivity contribution in [3.05, 3.63) is 87.9 Å². The summed E-state index contributed by atoms with van der Waals surface area (Å²) in [5.74, 6) is -0.533. The molecule has 2 aromatic carbocycles. The summed E-state index contributed by atoms with van der Waals surface area (Å²) in [5, 5.41) is 5.16. The van der Waals surface area contributed by atoms with Crippen LogP contribution in [0.2, 0.25) is 0 Å². The van der Waals surface area contributed by atoms with Crippen molar-refractivity contribution >= 4 is 28.1 Å². The highest BCUT2D eigenvalue weighted by atomic mass is 32.1. The molecule has 0 aliphatic carbocycles. The molecule has 4 rings (SSSR count). The number of amides is 1. The second-order valence-corrected chi connectivity index (χ2v) is 8.57. The van der Waals surface area contributed by atoms with Gasteiger partial charge in [0, 0.05) is 23.3 Å². The van der Waals surface area contributed by atoms with Crippen molar-refractivity contribution in [2.24, 2.45) is 5.73 Å². The van der Waals surface area contributed by atoms with Gasteiger partial charge in [0.05, 0.1) is 22.5 Å². The van der Waals surface area contributed by atoms with Gasteiger partial charge in [-0.2, -0.15) is 13.2 Å². The Labute approximate surface area is 192 Å². The van der Waals surface area contributed by atoms with Crippen LogP contribution in [0.3, 0.4) is 0 Å². The minimum Gasteiger partial charge on any atom is -0.366 e. The number of aryl methyl sites for hydroxylation is 1. The minimum absolute atomic E-state index is 0.287. The number of alkyl halides is 3. The summed E-state index contributed by atoms with van der Waals surface area (Å²) in [5.41, 5.74) is 9.73. The van der Waals surface area contributed by atoms with Gasteiger partial charge in [-0.15, -0.1) is 11.3 Å². The monoisotopic (exact) mass is 470 g/mol. The van der Waals surface area contributed by atoms with Crippen LogP contribution in [-0.2, 0) is 12.7 Å². The lowest BCUT2D eigenvalue weighted by atomic mass is 10.1. The van der Waals surface area contributed by atoms with E-state index in [-0.39, 0.29) is 5.69 Å². The van der Waals surface area contributed by atoms with Gasteiger partial charge in [0.2, 0.25) is 0 Å². The zero-order chi connectivity index (χ0) is 23.8. The molecule has 9 heteroatoms. The highest BCUT2D eigenvalue weighted by molar-refractivity contribution is 7.14. The lowest BCUT2D eigenvalue weighted by molar-refractivity contribution is -0.137. The number of halogens is 3. The van der Waals surface area contributed by atoms with Crippen LogP contribution >= 0.6 is 11.3 Å². The third-order valence-electron chi connectivity index (χ3n) is 5.26. The Morgan fingerprint density at radius 2 is 1.88 bits per heavy atom. The molecular weight excluding hydrogens is 449 g/mol. The Bertz CT molecular complexity index is 1320. The number of aromatic nitrogens is 2. The van der Waals surface area contributed by atoms with Gasteiger partial charge in [-0.1, -0.05) is 35.9 Å². The van der Waals surface area contributed by atoms with E-state index in [9.17, 15) is 18.0 Å². The fraction of sp³-hybridized carbons (Fsp3) is 0.167. The van der Waals surface area contributed by atoms with Crippen LogP contribution in [0.4, 0.5) is 24.0 Å². The van der Waals surface area contributed by atoms with Gasteiger partial charge in [-0.25, -0.2) is 4.98 Å². The molecule has 0 unspecified atom stereocenters. The number of rotatable bonds is 6. The first-order valence-electron chi connectivity index (χ1n) is 10.1. The van der Waals surface area contributed by atoms with Gasteiger partial charge in [-0.05, 0) is 43.7 Å². The zero-order valence-corrected chi connectivity index (χ0v) is 18.7. The van der Waals surface area contributed by atoms with E-state index >= 15 is 0 Å². The summed E-state index contributed by atoms with van der Waals surface area (Å²) >= 11 is 1.26. The fourth-order valence-corrected chi connectivity index (χ4v) is 4.37. The SMILES string of the molecule is Cc1cccc(Cn2c(-c3csc(Nc4cccc(C(F)(F)F)c4)n3)cc(C(N)=O)c2C)c1. The molecule has 0 aliphatic heterocycles. The molecule has 3 N–H and O–H groups in total. The Hall–Kier alpha value is -3.59. The predicted molar refractivity (Wildman–Crippen MR) is 124 cm³/mol. The number of thiazole rings is 1. The second kappa shape index (κ2) is 8.74. The maximum atomic E-state index is 13.0. The predicted octanol–water partition coefficient (Wildman–Crippen LogP) is 6.14. The van der Waals surface area contributed by atoms with E-state index in [1.165, 1.54) is 17.4 Å². The molecule has 5 nitrogen and oxygen atoms in total. The maximum Gasteiger partial charge on any atom is 0.416 e. The summed E-state index contributed by atoms with van der Waals surface area (Å²) in [7, 11) is 0. The fourth-order valence-electron chi connectivity index (χ4n) is 3.65. The molecule has 0 spiro atoms. The van der Waals surface area contributed by atoms with Gasteiger partial charge < -0.3 is 15.6 Å². The Balaban J connectivity index is 1.67. The summed E-state index contributed by atoms with van der Waals surface area (Å²) in [4.78, 5) is 16.5. The number of primary amides is 1. The number of anilines is 2. The summed E-state index contributed by atoms with van der Waals surface area (Å²) in [6, 6.07) is 14.7. The van der Waals surface area contributed by atoms with Gasteiger partial charge in [0.1, 0.15) is 0 Å². The van der Waals surface area contributed by atoms with Crippen LogP contribution in [0.5, 0.6) is 0 Å². The van der Waals surface area contributed by atoms with Gasteiger partial charge in [0.25, 0.3) is 5.91 Å². The van der Waals surface area contributed by atoms with Crippen molar-refractivity contribution in [2.45, 2.75) is 26.6 Å². The molecule has 0 fully saturated rings. The average Bonchev–Trinajstić information content (AvgIpc) is 3.32. The van der Waals surface area contributed by atoms with E-state index in [2.05, 4.69) is 16.4 Å². The Kier molecular flexibility index (Phi) is 5.99. The van der Waals surface area contributed by atoms with Crippen LogP contribution < -0.4 is 11.1 Å². The van der Waals surface area contributed by atoms with Crippen molar-refractivity contribution < 1.29 is 18.0 Å². The third kappa shape index (κ3) is 4.93. The van der Waals surface area contributed by atoms with Crippen molar-refractivity contribution in [3.8, 4) is 11.4 Å². The lowest BCUT2D eigenvalue weighted by Crippen LogP contribution is -2.12. The van der Waals surface area contributed by atoms with Crippen LogP contribution in [-0.4, -0.2) is 15.5 Å². The van der Waals surface area contributed by atoms with Gasteiger partial charge in [0.15, 0.2) is 5.13 Å². The smallest absolute Gasteiger partial charge is 0.366 e. The normalized spacial score (nSPS) is 11.5. The highest BCUT2D eigenvalue weighted by Gasteiger charge is 2.30. The van der Waals surface area contributed by atoms with E-state index in [1.807, 2.05) is 36.6 Å². The first kappa shape index (κ1) is 22.6. The van der Waals surface area contributed by atoms with E-state index in [1.54, 1.807) is 17.5 Å². The highest BCUT2D eigenvalue weighted by Crippen LogP contribution is 2.34. The maximum absolute atomic E-state index is 13.0. The molecule has 0 aliphatic rings. The summed E-state index contributed by atoms with van der Waals surface area (Å²) in [6.45, 7) is 4.35. The second-order valence-electron chi connectivity index (χ2n) is 7.71. The van der Waals surface area contributed by atoms with Gasteiger partial charge in [-0.3, -0.25) is 4.79 Å². The summed E-state index contributed by atoms with van der Waals surface area (Å²) < 4.78 is 41.0. The molecular formula is C24H21F3N4OS. The molecule has 0 bridgehead atoms.